The maximum absolute atomic E-state index is 9.05. The Bertz CT molecular complexity index is 491. The van der Waals surface area contributed by atoms with Gasteiger partial charge in [-0.3, -0.25) is 0 Å². The quantitative estimate of drug-likeness (QED) is 0.905. The van der Waals surface area contributed by atoms with E-state index in [2.05, 4.69) is 32.2 Å². The van der Waals surface area contributed by atoms with Crippen molar-refractivity contribution < 1.29 is 0 Å². The molecular weight excluding hydrogens is 234 g/mol. The third-order valence-electron chi connectivity index (χ3n) is 4.54. The third-order valence-corrected chi connectivity index (χ3v) is 4.54. The summed E-state index contributed by atoms with van der Waals surface area (Å²) in [6, 6.07) is 4.87. The van der Waals surface area contributed by atoms with E-state index in [4.69, 9.17) is 5.26 Å². The van der Waals surface area contributed by atoms with Crippen LogP contribution in [0.15, 0.2) is 6.07 Å². The molecule has 0 aromatic carbocycles. The van der Waals surface area contributed by atoms with Gasteiger partial charge in [0.05, 0.1) is 0 Å². The van der Waals surface area contributed by atoms with Gasteiger partial charge >= 0.3 is 0 Å². The molecule has 1 aromatic heterocycles. The van der Waals surface area contributed by atoms with Gasteiger partial charge in [0.1, 0.15) is 11.8 Å². The van der Waals surface area contributed by atoms with Crippen LogP contribution in [0.3, 0.4) is 0 Å². The van der Waals surface area contributed by atoms with Crippen LogP contribution in [0.5, 0.6) is 0 Å². The summed E-state index contributed by atoms with van der Waals surface area (Å²) >= 11 is 0. The Balaban J connectivity index is 1.98. The fraction of sp³-hybridized carbons (Fsp3) is 0.688. The largest absolute Gasteiger partial charge is 0.340 e. The second-order valence-electron chi connectivity index (χ2n) is 6.65. The molecule has 19 heavy (non-hydrogen) atoms. The number of hydrogen-bond acceptors (Lipinski definition) is 2. The van der Waals surface area contributed by atoms with Crippen LogP contribution in [0.1, 0.15) is 56.5 Å². The molecule has 0 saturated heterocycles. The standard InChI is InChI=1S/C16H25N3/c1-12-13(8-15(10-17)19(12)4)11-18-14-6-5-7-16(2,3)9-14/h8,14,18H,5-7,9,11H2,1-4H3. The highest BCUT2D eigenvalue weighted by molar-refractivity contribution is 5.34. The predicted molar refractivity (Wildman–Crippen MR) is 77.7 cm³/mol. The van der Waals surface area contributed by atoms with Gasteiger partial charge in [-0.15, -0.1) is 0 Å². The summed E-state index contributed by atoms with van der Waals surface area (Å²) < 4.78 is 1.97. The Kier molecular flexibility index (Phi) is 4.01. The number of rotatable bonds is 3. The van der Waals surface area contributed by atoms with Gasteiger partial charge < -0.3 is 9.88 Å². The van der Waals surface area contributed by atoms with Gasteiger partial charge in [0.25, 0.3) is 0 Å². The van der Waals surface area contributed by atoms with Crippen molar-refractivity contribution in [2.45, 2.75) is 59.0 Å². The van der Waals surface area contributed by atoms with Crippen molar-refractivity contribution in [2.75, 3.05) is 0 Å². The molecule has 1 atom stereocenters. The van der Waals surface area contributed by atoms with Gasteiger partial charge in [-0.2, -0.15) is 5.26 Å². The van der Waals surface area contributed by atoms with Gasteiger partial charge in [-0.1, -0.05) is 20.3 Å². The van der Waals surface area contributed by atoms with E-state index in [1.54, 1.807) is 0 Å². The van der Waals surface area contributed by atoms with Crippen molar-refractivity contribution in [1.29, 1.82) is 5.26 Å². The molecule has 0 aliphatic heterocycles. The number of hydrogen-bond donors (Lipinski definition) is 1. The van der Waals surface area contributed by atoms with Crippen molar-refractivity contribution in [3.63, 3.8) is 0 Å². The molecule has 1 aliphatic rings. The van der Waals surface area contributed by atoms with Crippen molar-refractivity contribution in [3.05, 3.63) is 23.0 Å². The zero-order chi connectivity index (χ0) is 14.0. The summed E-state index contributed by atoms with van der Waals surface area (Å²) in [5.74, 6) is 0. The highest BCUT2D eigenvalue weighted by Crippen LogP contribution is 2.35. The summed E-state index contributed by atoms with van der Waals surface area (Å²) in [4.78, 5) is 0. The molecule has 1 N–H and O–H groups in total. The average molecular weight is 259 g/mol. The van der Waals surface area contributed by atoms with Crippen molar-refractivity contribution in [1.82, 2.24) is 9.88 Å². The second-order valence-corrected chi connectivity index (χ2v) is 6.65. The first-order valence-corrected chi connectivity index (χ1v) is 7.21. The number of nitriles is 1. The lowest BCUT2D eigenvalue weighted by Crippen LogP contribution is -2.36. The minimum atomic E-state index is 0.472. The van der Waals surface area contributed by atoms with E-state index in [0.29, 0.717) is 11.5 Å². The van der Waals surface area contributed by atoms with Crippen molar-refractivity contribution in [3.8, 4) is 6.07 Å². The van der Waals surface area contributed by atoms with Gasteiger partial charge in [-0.05, 0) is 43.2 Å². The Labute approximate surface area is 116 Å². The number of aromatic nitrogens is 1. The highest BCUT2D eigenvalue weighted by Gasteiger charge is 2.27. The summed E-state index contributed by atoms with van der Waals surface area (Å²) in [6.07, 6.45) is 5.19. The van der Waals surface area contributed by atoms with Gasteiger partial charge in [0.15, 0.2) is 0 Å². The van der Waals surface area contributed by atoms with Crippen LogP contribution in [0.4, 0.5) is 0 Å². The molecule has 1 saturated carbocycles. The fourth-order valence-corrected chi connectivity index (χ4v) is 3.18. The van der Waals surface area contributed by atoms with Crippen molar-refractivity contribution in [2.24, 2.45) is 12.5 Å². The molecule has 104 valence electrons. The molecule has 0 bridgehead atoms. The van der Waals surface area contributed by atoms with Crippen LogP contribution in [-0.2, 0) is 13.6 Å². The lowest BCUT2D eigenvalue weighted by atomic mass is 9.75. The SMILES string of the molecule is Cc1c(CNC2CCCC(C)(C)C2)cc(C#N)n1C. The molecule has 1 heterocycles. The topological polar surface area (TPSA) is 40.8 Å². The van der Waals surface area contributed by atoms with E-state index in [1.165, 1.54) is 36.9 Å². The van der Waals surface area contributed by atoms with Gasteiger partial charge in [-0.25, -0.2) is 0 Å². The lowest BCUT2D eigenvalue weighted by molar-refractivity contribution is 0.197. The van der Waals surface area contributed by atoms with Gasteiger partial charge in [0.2, 0.25) is 0 Å². The van der Waals surface area contributed by atoms with E-state index in [1.807, 2.05) is 17.7 Å². The summed E-state index contributed by atoms with van der Waals surface area (Å²) in [5, 5.41) is 12.7. The fourth-order valence-electron chi connectivity index (χ4n) is 3.18. The Morgan fingerprint density at radius 1 is 1.53 bits per heavy atom. The van der Waals surface area contributed by atoms with Crippen LogP contribution in [0.25, 0.3) is 0 Å². The lowest BCUT2D eigenvalue weighted by Gasteiger charge is -2.35. The summed E-state index contributed by atoms with van der Waals surface area (Å²) in [7, 11) is 1.96. The Morgan fingerprint density at radius 3 is 2.84 bits per heavy atom. The Morgan fingerprint density at radius 2 is 2.26 bits per heavy atom. The molecule has 0 radical (unpaired) electrons. The second kappa shape index (κ2) is 5.38. The molecule has 1 unspecified atom stereocenters. The van der Waals surface area contributed by atoms with E-state index >= 15 is 0 Å². The molecular formula is C16H25N3. The number of nitrogens with one attached hydrogen (secondary N) is 1. The third kappa shape index (κ3) is 3.19. The average Bonchev–Trinajstić information content (AvgIpc) is 2.62. The first-order chi connectivity index (χ1) is 8.93. The van der Waals surface area contributed by atoms with Crippen LogP contribution < -0.4 is 5.32 Å². The van der Waals surface area contributed by atoms with E-state index in [0.717, 1.165) is 12.2 Å². The Hall–Kier alpha value is -1.27. The zero-order valence-electron chi connectivity index (χ0n) is 12.6. The predicted octanol–water partition coefficient (Wildman–Crippen LogP) is 3.26. The molecule has 2 rings (SSSR count). The summed E-state index contributed by atoms with van der Waals surface area (Å²) in [6.45, 7) is 7.69. The first-order valence-electron chi connectivity index (χ1n) is 7.21. The molecule has 1 aromatic rings. The molecule has 1 fully saturated rings. The van der Waals surface area contributed by atoms with E-state index in [-0.39, 0.29) is 0 Å². The van der Waals surface area contributed by atoms with Gasteiger partial charge in [0, 0.05) is 25.3 Å². The first kappa shape index (κ1) is 14.1. The molecule has 3 nitrogen and oxygen atoms in total. The molecule has 1 aliphatic carbocycles. The van der Waals surface area contributed by atoms with Crippen LogP contribution in [-0.4, -0.2) is 10.6 Å². The minimum absolute atomic E-state index is 0.472. The normalized spacial score (nSPS) is 22.2. The molecule has 3 heteroatoms. The smallest absolute Gasteiger partial charge is 0.120 e. The zero-order valence-corrected chi connectivity index (χ0v) is 12.6. The maximum Gasteiger partial charge on any atom is 0.120 e. The van der Waals surface area contributed by atoms with Crippen LogP contribution in [0, 0.1) is 23.7 Å². The monoisotopic (exact) mass is 259 g/mol. The van der Waals surface area contributed by atoms with Crippen LogP contribution in [0.2, 0.25) is 0 Å². The van der Waals surface area contributed by atoms with Crippen molar-refractivity contribution >= 4 is 0 Å². The number of nitrogens with zero attached hydrogens (tertiary/aromatic N) is 2. The molecule has 0 amide bonds. The van der Waals surface area contributed by atoms with E-state index < -0.39 is 0 Å². The highest BCUT2D eigenvalue weighted by atomic mass is 15.0. The molecule has 0 spiro atoms. The summed E-state index contributed by atoms with van der Waals surface area (Å²) in [5.41, 5.74) is 3.67. The van der Waals surface area contributed by atoms with E-state index in [9.17, 15) is 0 Å². The minimum Gasteiger partial charge on any atom is -0.340 e. The maximum atomic E-state index is 9.05. The van der Waals surface area contributed by atoms with Crippen LogP contribution >= 0.6 is 0 Å².